The zero-order valence-corrected chi connectivity index (χ0v) is 13.1. The number of nitrogens with zero attached hydrogens (tertiary/aromatic N) is 1. The van der Waals surface area contributed by atoms with Crippen LogP contribution in [0.2, 0.25) is 0 Å². The average molecular weight is 284 g/mol. The molecule has 0 aliphatic heterocycles. The van der Waals surface area contributed by atoms with Crippen LogP contribution in [0.4, 0.5) is 5.69 Å². The molecule has 1 heterocycles. The van der Waals surface area contributed by atoms with Crippen LogP contribution >= 0.6 is 0 Å². The molecule has 0 saturated heterocycles. The molecule has 3 unspecified atom stereocenters. The van der Waals surface area contributed by atoms with Gasteiger partial charge in [-0.05, 0) is 43.2 Å². The first-order chi connectivity index (χ1) is 10.1. The van der Waals surface area contributed by atoms with Crippen molar-refractivity contribution < 1.29 is 4.42 Å². The molecule has 2 aromatic rings. The first-order valence-electron chi connectivity index (χ1n) is 7.91. The lowest BCUT2D eigenvalue weighted by molar-refractivity contribution is 0.276. The second-order valence-electron chi connectivity index (χ2n) is 6.48. The lowest BCUT2D eigenvalue weighted by atomic mass is 9.80. The maximum absolute atomic E-state index is 5.27. The number of aryl methyl sites for hydroxylation is 1. The Kier molecular flexibility index (Phi) is 4.00. The fraction of sp³-hybridized carbons (Fsp3) is 0.500. The van der Waals surface area contributed by atoms with Crippen LogP contribution in [0.3, 0.4) is 0 Å². The van der Waals surface area contributed by atoms with Gasteiger partial charge in [0.15, 0.2) is 5.89 Å². The molecule has 0 spiro atoms. The Hall–Kier alpha value is -1.77. The summed E-state index contributed by atoms with van der Waals surface area (Å²) >= 11 is 0. The van der Waals surface area contributed by atoms with Crippen LogP contribution in [0.5, 0.6) is 0 Å². The van der Waals surface area contributed by atoms with Gasteiger partial charge < -0.3 is 9.73 Å². The van der Waals surface area contributed by atoms with Crippen molar-refractivity contribution in [3.63, 3.8) is 0 Å². The topological polar surface area (TPSA) is 38.1 Å². The third-order valence-corrected chi connectivity index (χ3v) is 4.58. The smallest absolute Gasteiger partial charge is 0.191 e. The quantitative estimate of drug-likeness (QED) is 0.872. The van der Waals surface area contributed by atoms with Gasteiger partial charge in [0, 0.05) is 24.2 Å². The zero-order chi connectivity index (χ0) is 14.8. The Bertz CT molecular complexity index is 588. The van der Waals surface area contributed by atoms with E-state index in [4.69, 9.17) is 4.42 Å². The summed E-state index contributed by atoms with van der Waals surface area (Å²) in [6.07, 6.45) is 5.64. The summed E-state index contributed by atoms with van der Waals surface area (Å²) < 4.78 is 5.27. The van der Waals surface area contributed by atoms with E-state index < -0.39 is 0 Å². The van der Waals surface area contributed by atoms with Gasteiger partial charge in [0.2, 0.25) is 0 Å². The molecule has 1 N–H and O–H groups in total. The molecule has 3 atom stereocenters. The molecule has 0 amide bonds. The molecule has 1 fully saturated rings. The number of nitrogens with one attached hydrogen (secondary N) is 1. The summed E-state index contributed by atoms with van der Waals surface area (Å²) in [5.41, 5.74) is 3.20. The molecule has 0 radical (unpaired) electrons. The van der Waals surface area contributed by atoms with Gasteiger partial charge in [-0.2, -0.15) is 0 Å². The highest BCUT2D eigenvalue weighted by Gasteiger charge is 2.24. The number of rotatable bonds is 3. The van der Waals surface area contributed by atoms with Crippen LogP contribution in [-0.4, -0.2) is 11.0 Å². The fourth-order valence-electron chi connectivity index (χ4n) is 3.33. The van der Waals surface area contributed by atoms with E-state index in [0.29, 0.717) is 11.9 Å². The monoisotopic (exact) mass is 284 g/mol. The van der Waals surface area contributed by atoms with Crippen LogP contribution in [0.25, 0.3) is 11.3 Å². The van der Waals surface area contributed by atoms with Crippen LogP contribution < -0.4 is 5.32 Å². The van der Waals surface area contributed by atoms with Gasteiger partial charge in [0.25, 0.3) is 0 Å². The molecule has 0 bridgehead atoms. The van der Waals surface area contributed by atoms with E-state index in [2.05, 4.69) is 48.4 Å². The van der Waals surface area contributed by atoms with Crippen LogP contribution in [0, 0.1) is 18.8 Å². The SMILES string of the molecule is Cc1nc(-c2ccc(NC3CCC(C)CC3C)cc2)co1. The summed E-state index contributed by atoms with van der Waals surface area (Å²) in [4.78, 5) is 4.36. The summed E-state index contributed by atoms with van der Waals surface area (Å²) in [5.74, 6) is 2.32. The summed E-state index contributed by atoms with van der Waals surface area (Å²) in [6, 6.07) is 9.10. The van der Waals surface area contributed by atoms with Crippen molar-refractivity contribution in [2.75, 3.05) is 5.32 Å². The first-order valence-corrected chi connectivity index (χ1v) is 7.91. The number of aromatic nitrogens is 1. The van der Waals surface area contributed by atoms with Crippen molar-refractivity contribution in [1.82, 2.24) is 4.98 Å². The Balaban J connectivity index is 1.67. The minimum Gasteiger partial charge on any atom is -0.449 e. The molecule has 1 aromatic carbocycles. The van der Waals surface area contributed by atoms with E-state index in [-0.39, 0.29) is 0 Å². The van der Waals surface area contributed by atoms with Crippen molar-refractivity contribution in [1.29, 1.82) is 0 Å². The maximum Gasteiger partial charge on any atom is 0.191 e. The van der Waals surface area contributed by atoms with E-state index in [9.17, 15) is 0 Å². The molecule has 1 aliphatic carbocycles. The number of oxazole rings is 1. The lowest BCUT2D eigenvalue weighted by Gasteiger charge is -2.33. The van der Waals surface area contributed by atoms with Crippen molar-refractivity contribution in [3.8, 4) is 11.3 Å². The summed E-state index contributed by atoms with van der Waals surface area (Å²) in [6.45, 7) is 6.59. The van der Waals surface area contributed by atoms with E-state index in [0.717, 1.165) is 23.1 Å². The molecule has 21 heavy (non-hydrogen) atoms. The van der Waals surface area contributed by atoms with Gasteiger partial charge in [0.1, 0.15) is 12.0 Å². The Labute approximate surface area is 126 Å². The van der Waals surface area contributed by atoms with Gasteiger partial charge in [-0.15, -0.1) is 0 Å². The number of hydrogen-bond donors (Lipinski definition) is 1. The van der Waals surface area contributed by atoms with Crippen molar-refractivity contribution >= 4 is 5.69 Å². The fourth-order valence-corrected chi connectivity index (χ4v) is 3.33. The standard InChI is InChI=1S/C18H24N2O/c1-12-4-9-17(13(2)10-12)20-16-7-5-15(6-8-16)18-11-21-14(3)19-18/h5-8,11-13,17,20H,4,9-10H2,1-3H3. The molecule has 1 saturated carbocycles. The lowest BCUT2D eigenvalue weighted by Crippen LogP contribution is -2.32. The minimum absolute atomic E-state index is 0.598. The van der Waals surface area contributed by atoms with Crippen molar-refractivity contribution in [2.24, 2.45) is 11.8 Å². The Morgan fingerprint density at radius 1 is 1.14 bits per heavy atom. The molecule has 112 valence electrons. The van der Waals surface area contributed by atoms with E-state index in [1.807, 2.05) is 6.92 Å². The van der Waals surface area contributed by atoms with Gasteiger partial charge >= 0.3 is 0 Å². The van der Waals surface area contributed by atoms with Gasteiger partial charge in [0.05, 0.1) is 0 Å². The third-order valence-electron chi connectivity index (χ3n) is 4.58. The Morgan fingerprint density at radius 3 is 2.52 bits per heavy atom. The van der Waals surface area contributed by atoms with Gasteiger partial charge in [-0.1, -0.05) is 26.0 Å². The molecule has 3 rings (SSSR count). The molecule has 1 aromatic heterocycles. The largest absolute Gasteiger partial charge is 0.449 e. The highest BCUT2D eigenvalue weighted by Crippen LogP contribution is 2.31. The molecule has 3 nitrogen and oxygen atoms in total. The van der Waals surface area contributed by atoms with E-state index >= 15 is 0 Å². The summed E-state index contributed by atoms with van der Waals surface area (Å²) in [5, 5.41) is 3.69. The van der Waals surface area contributed by atoms with Crippen LogP contribution in [-0.2, 0) is 0 Å². The molecular weight excluding hydrogens is 260 g/mol. The second kappa shape index (κ2) is 5.92. The van der Waals surface area contributed by atoms with Crippen molar-refractivity contribution in [2.45, 2.75) is 46.1 Å². The number of anilines is 1. The Morgan fingerprint density at radius 2 is 1.90 bits per heavy atom. The van der Waals surface area contributed by atoms with E-state index in [1.165, 1.54) is 24.9 Å². The minimum atomic E-state index is 0.598. The number of benzene rings is 1. The van der Waals surface area contributed by atoms with E-state index in [1.54, 1.807) is 6.26 Å². The van der Waals surface area contributed by atoms with Crippen LogP contribution in [0.15, 0.2) is 34.9 Å². The second-order valence-corrected chi connectivity index (χ2v) is 6.48. The zero-order valence-electron chi connectivity index (χ0n) is 13.1. The predicted octanol–water partition coefficient (Wildman–Crippen LogP) is 4.89. The molecule has 3 heteroatoms. The highest BCUT2D eigenvalue weighted by atomic mass is 16.3. The highest BCUT2D eigenvalue weighted by molar-refractivity contribution is 5.62. The normalized spacial score (nSPS) is 25.8. The number of hydrogen-bond acceptors (Lipinski definition) is 3. The maximum atomic E-state index is 5.27. The average Bonchev–Trinajstić information content (AvgIpc) is 2.89. The van der Waals surface area contributed by atoms with Crippen LogP contribution in [0.1, 0.15) is 39.0 Å². The molecular formula is C18H24N2O. The van der Waals surface area contributed by atoms with Crippen molar-refractivity contribution in [3.05, 3.63) is 36.4 Å². The first kappa shape index (κ1) is 14.2. The third kappa shape index (κ3) is 3.29. The summed E-state index contributed by atoms with van der Waals surface area (Å²) in [7, 11) is 0. The van der Waals surface area contributed by atoms with Gasteiger partial charge in [-0.25, -0.2) is 4.98 Å². The predicted molar refractivity (Wildman–Crippen MR) is 86.3 cm³/mol. The molecule has 1 aliphatic rings. The van der Waals surface area contributed by atoms with Gasteiger partial charge in [-0.3, -0.25) is 0 Å².